The zero-order valence-corrected chi connectivity index (χ0v) is 10.0. The summed E-state index contributed by atoms with van der Waals surface area (Å²) in [4.78, 5) is 24.8. The average Bonchev–Trinajstić information content (AvgIpc) is 2.29. The highest BCUT2D eigenvalue weighted by atomic mass is 35.5. The van der Waals surface area contributed by atoms with Gasteiger partial charge in [-0.1, -0.05) is 6.42 Å². The third kappa shape index (κ3) is 3.09. The predicted molar refractivity (Wildman–Crippen MR) is 62.5 cm³/mol. The number of carbonyl (C=O) groups excluding carboxylic acids is 2. The van der Waals surface area contributed by atoms with Crippen molar-refractivity contribution in [1.82, 2.24) is 15.5 Å². The number of piperidine rings is 1. The molecule has 2 aliphatic rings. The number of hydrogen-bond acceptors (Lipinski definition) is 3. The minimum absolute atomic E-state index is 0. The molecule has 0 radical (unpaired) electrons. The molecule has 2 saturated heterocycles. The molecule has 0 bridgehead atoms. The maximum atomic E-state index is 12.0. The van der Waals surface area contributed by atoms with Crippen molar-refractivity contribution in [3.63, 3.8) is 0 Å². The third-order valence-corrected chi connectivity index (χ3v) is 2.96. The molecule has 2 heterocycles. The summed E-state index contributed by atoms with van der Waals surface area (Å²) in [6.45, 7) is 2.35. The minimum Gasteiger partial charge on any atom is -0.353 e. The molecule has 2 fully saturated rings. The van der Waals surface area contributed by atoms with Gasteiger partial charge in [0, 0.05) is 13.1 Å². The summed E-state index contributed by atoms with van der Waals surface area (Å²) in [5.74, 6) is 0.0370. The van der Waals surface area contributed by atoms with Crippen molar-refractivity contribution in [2.24, 2.45) is 0 Å². The highest BCUT2D eigenvalue weighted by Crippen LogP contribution is 2.10. The van der Waals surface area contributed by atoms with Crippen molar-refractivity contribution < 1.29 is 9.59 Å². The smallest absolute Gasteiger partial charge is 0.240 e. The Kier molecular flexibility index (Phi) is 5.02. The number of amides is 2. The highest BCUT2D eigenvalue weighted by Gasteiger charge is 2.28. The van der Waals surface area contributed by atoms with Crippen LogP contribution in [0.15, 0.2) is 0 Å². The van der Waals surface area contributed by atoms with Gasteiger partial charge in [-0.15, -0.1) is 12.4 Å². The summed E-state index contributed by atoms with van der Waals surface area (Å²) in [6.07, 6.45) is 3.14. The molecule has 0 aliphatic carbocycles. The molecule has 2 amide bonds. The second-order valence-electron chi connectivity index (χ2n) is 4.11. The van der Waals surface area contributed by atoms with Gasteiger partial charge < -0.3 is 15.5 Å². The Morgan fingerprint density at radius 2 is 2.12 bits per heavy atom. The number of rotatable bonds is 1. The molecule has 0 saturated carbocycles. The van der Waals surface area contributed by atoms with E-state index in [2.05, 4.69) is 10.6 Å². The normalized spacial score (nSPS) is 25.6. The molecule has 0 aromatic heterocycles. The molecule has 0 aromatic rings. The SMILES string of the molecule is Cl.O=C1CN(C(=O)C2CCCCN2)CCN1. The van der Waals surface area contributed by atoms with E-state index in [-0.39, 0.29) is 36.8 Å². The van der Waals surface area contributed by atoms with Gasteiger partial charge >= 0.3 is 0 Å². The van der Waals surface area contributed by atoms with Crippen LogP contribution >= 0.6 is 12.4 Å². The molecule has 1 unspecified atom stereocenters. The van der Waals surface area contributed by atoms with Crippen molar-refractivity contribution in [2.45, 2.75) is 25.3 Å². The van der Waals surface area contributed by atoms with Crippen molar-refractivity contribution in [3.05, 3.63) is 0 Å². The van der Waals surface area contributed by atoms with E-state index in [0.717, 1.165) is 25.8 Å². The van der Waals surface area contributed by atoms with Crippen LogP contribution in [0, 0.1) is 0 Å². The number of carbonyl (C=O) groups is 2. The topological polar surface area (TPSA) is 61.4 Å². The van der Waals surface area contributed by atoms with E-state index in [1.807, 2.05) is 0 Å². The van der Waals surface area contributed by atoms with Gasteiger partial charge in [0.2, 0.25) is 11.8 Å². The van der Waals surface area contributed by atoms with Gasteiger partial charge in [-0.2, -0.15) is 0 Å². The van der Waals surface area contributed by atoms with Gasteiger partial charge in [0.25, 0.3) is 0 Å². The van der Waals surface area contributed by atoms with Crippen LogP contribution in [-0.4, -0.2) is 48.9 Å². The number of hydrogen-bond donors (Lipinski definition) is 2. The predicted octanol–water partition coefficient (Wildman–Crippen LogP) is -0.491. The first-order valence-electron chi connectivity index (χ1n) is 5.56. The van der Waals surface area contributed by atoms with Gasteiger partial charge in [-0.25, -0.2) is 0 Å². The molecule has 0 spiro atoms. The first-order valence-corrected chi connectivity index (χ1v) is 5.56. The Bertz CT molecular complexity index is 267. The largest absolute Gasteiger partial charge is 0.353 e. The molecule has 2 N–H and O–H groups in total. The van der Waals surface area contributed by atoms with E-state index in [0.29, 0.717) is 13.1 Å². The Morgan fingerprint density at radius 3 is 2.75 bits per heavy atom. The summed E-state index contributed by atoms with van der Waals surface area (Å²) in [5.41, 5.74) is 0. The molecule has 2 aliphatic heterocycles. The molecule has 1 atom stereocenters. The van der Waals surface area contributed by atoms with Crippen LogP contribution in [0.1, 0.15) is 19.3 Å². The zero-order valence-electron chi connectivity index (χ0n) is 9.20. The van der Waals surface area contributed by atoms with E-state index in [4.69, 9.17) is 0 Å². The lowest BCUT2D eigenvalue weighted by Gasteiger charge is -2.32. The van der Waals surface area contributed by atoms with E-state index in [9.17, 15) is 9.59 Å². The van der Waals surface area contributed by atoms with Crippen LogP contribution in [0.2, 0.25) is 0 Å². The lowest BCUT2D eigenvalue weighted by atomic mass is 10.0. The van der Waals surface area contributed by atoms with Crippen molar-refractivity contribution >= 4 is 24.2 Å². The van der Waals surface area contributed by atoms with Crippen molar-refractivity contribution in [3.8, 4) is 0 Å². The summed E-state index contributed by atoms with van der Waals surface area (Å²) in [7, 11) is 0. The van der Waals surface area contributed by atoms with E-state index in [1.54, 1.807) is 4.90 Å². The molecule has 92 valence electrons. The Hall–Kier alpha value is -0.810. The number of halogens is 1. The number of piperazine rings is 1. The summed E-state index contributed by atoms with van der Waals surface area (Å²) in [5, 5.41) is 5.92. The first kappa shape index (κ1) is 13.3. The second-order valence-corrected chi connectivity index (χ2v) is 4.11. The van der Waals surface area contributed by atoms with Crippen molar-refractivity contribution in [1.29, 1.82) is 0 Å². The standard InChI is InChI=1S/C10H17N3O2.ClH/c14-9-7-13(6-5-12-9)10(15)8-3-1-2-4-11-8;/h8,11H,1-7H2,(H,12,14);1H. The summed E-state index contributed by atoms with van der Waals surface area (Å²) in [6, 6.07) is -0.0651. The molecular weight excluding hydrogens is 230 g/mol. The Labute approximate surface area is 101 Å². The molecule has 0 aromatic carbocycles. The van der Waals surface area contributed by atoms with Crippen LogP contribution in [-0.2, 0) is 9.59 Å². The Morgan fingerprint density at radius 1 is 1.31 bits per heavy atom. The average molecular weight is 248 g/mol. The van der Waals surface area contributed by atoms with E-state index >= 15 is 0 Å². The fourth-order valence-electron chi connectivity index (χ4n) is 2.11. The first-order chi connectivity index (χ1) is 7.27. The van der Waals surface area contributed by atoms with Crippen LogP contribution in [0.4, 0.5) is 0 Å². The Balaban J connectivity index is 0.00000128. The summed E-state index contributed by atoms with van der Waals surface area (Å²) >= 11 is 0. The van der Waals surface area contributed by atoms with Gasteiger partial charge in [0.05, 0.1) is 12.6 Å². The lowest BCUT2D eigenvalue weighted by Crippen LogP contribution is -2.55. The highest BCUT2D eigenvalue weighted by molar-refractivity contribution is 5.88. The fraction of sp³-hybridized carbons (Fsp3) is 0.800. The molecule has 16 heavy (non-hydrogen) atoms. The van der Waals surface area contributed by atoms with E-state index in [1.165, 1.54) is 0 Å². The van der Waals surface area contributed by atoms with Crippen LogP contribution < -0.4 is 10.6 Å². The monoisotopic (exact) mass is 247 g/mol. The van der Waals surface area contributed by atoms with Crippen LogP contribution in [0.25, 0.3) is 0 Å². The maximum absolute atomic E-state index is 12.0. The fourth-order valence-corrected chi connectivity index (χ4v) is 2.11. The van der Waals surface area contributed by atoms with Crippen LogP contribution in [0.5, 0.6) is 0 Å². The zero-order chi connectivity index (χ0) is 10.7. The second kappa shape index (κ2) is 6.06. The lowest BCUT2D eigenvalue weighted by molar-refractivity contribution is -0.140. The van der Waals surface area contributed by atoms with E-state index < -0.39 is 0 Å². The molecule has 6 heteroatoms. The number of nitrogens with one attached hydrogen (secondary N) is 2. The summed E-state index contributed by atoms with van der Waals surface area (Å²) < 4.78 is 0. The maximum Gasteiger partial charge on any atom is 0.240 e. The van der Waals surface area contributed by atoms with Gasteiger partial charge in [-0.05, 0) is 19.4 Å². The number of nitrogens with zero attached hydrogens (tertiary/aromatic N) is 1. The minimum atomic E-state index is -0.0651. The van der Waals surface area contributed by atoms with Gasteiger partial charge in [0.1, 0.15) is 0 Å². The van der Waals surface area contributed by atoms with Crippen molar-refractivity contribution in [2.75, 3.05) is 26.2 Å². The molecule has 5 nitrogen and oxygen atoms in total. The molecule has 2 rings (SSSR count). The van der Waals surface area contributed by atoms with Crippen LogP contribution in [0.3, 0.4) is 0 Å². The quantitative estimate of drug-likeness (QED) is 0.657. The van der Waals surface area contributed by atoms with Gasteiger partial charge in [0.15, 0.2) is 0 Å². The molecular formula is C10H18ClN3O2. The van der Waals surface area contributed by atoms with Gasteiger partial charge in [-0.3, -0.25) is 9.59 Å². The third-order valence-electron chi connectivity index (χ3n) is 2.96.